The van der Waals surface area contributed by atoms with Crippen LogP contribution in [0.2, 0.25) is 5.02 Å². The van der Waals surface area contributed by atoms with Gasteiger partial charge in [0.05, 0.1) is 5.69 Å². The van der Waals surface area contributed by atoms with Crippen LogP contribution in [-0.4, -0.2) is 33.2 Å². The molecule has 1 amide bonds. The van der Waals surface area contributed by atoms with E-state index in [2.05, 4.69) is 10.2 Å². The fourth-order valence-corrected chi connectivity index (χ4v) is 3.57. The zero-order valence-corrected chi connectivity index (χ0v) is 17.0. The number of carbonyl (C=O) groups excluding carboxylic acids is 1. The molecule has 0 bridgehead atoms. The molecule has 0 fully saturated rings. The molecule has 3 aromatic rings. The number of hydrogen-bond acceptors (Lipinski definition) is 3. The molecule has 3 rings (SSSR count). The van der Waals surface area contributed by atoms with E-state index >= 15 is 0 Å². The van der Waals surface area contributed by atoms with Crippen LogP contribution < -0.4 is 0 Å². The molecule has 0 unspecified atom stereocenters. The van der Waals surface area contributed by atoms with Gasteiger partial charge in [-0.05, 0) is 37.6 Å². The Balaban J connectivity index is 1.87. The van der Waals surface area contributed by atoms with E-state index in [0.29, 0.717) is 17.1 Å². The molecule has 146 valence electrons. The van der Waals surface area contributed by atoms with Gasteiger partial charge in [0.1, 0.15) is 5.75 Å². The first-order valence-electron chi connectivity index (χ1n) is 9.14. The lowest BCUT2D eigenvalue weighted by atomic mass is 9.87. The number of phenolic OH excluding ortho intramolecular Hbond substituents is 1. The molecule has 0 aliphatic carbocycles. The summed E-state index contributed by atoms with van der Waals surface area (Å²) >= 11 is 6.18. The van der Waals surface area contributed by atoms with E-state index in [9.17, 15) is 9.90 Å². The standard InChI is InChI=1S/C22H24ClN3O2/c1-14-20(15(2)25-24-14)13-26(3)22(28)12-19(16-7-6-8-17(23)11-16)18-9-4-5-10-21(18)27/h4-11,19,27H,12-13H2,1-3H3,(H,24,25)/t19-/m0/s1. The summed E-state index contributed by atoms with van der Waals surface area (Å²) in [5, 5.41) is 18.1. The van der Waals surface area contributed by atoms with Gasteiger partial charge in [0.15, 0.2) is 0 Å². The molecule has 6 heteroatoms. The van der Waals surface area contributed by atoms with E-state index in [1.807, 2.05) is 44.2 Å². The lowest BCUT2D eigenvalue weighted by Crippen LogP contribution is -2.28. The van der Waals surface area contributed by atoms with Gasteiger partial charge in [-0.1, -0.05) is 41.9 Å². The first kappa shape index (κ1) is 20.0. The van der Waals surface area contributed by atoms with Crippen molar-refractivity contribution in [2.75, 3.05) is 7.05 Å². The highest BCUT2D eigenvalue weighted by Crippen LogP contribution is 2.35. The van der Waals surface area contributed by atoms with E-state index < -0.39 is 0 Å². The van der Waals surface area contributed by atoms with Crippen molar-refractivity contribution < 1.29 is 9.90 Å². The van der Waals surface area contributed by atoms with Gasteiger partial charge in [-0.2, -0.15) is 5.10 Å². The second-order valence-corrected chi connectivity index (χ2v) is 7.47. The van der Waals surface area contributed by atoms with Crippen LogP contribution in [0.5, 0.6) is 5.75 Å². The van der Waals surface area contributed by atoms with Crippen molar-refractivity contribution in [2.24, 2.45) is 0 Å². The van der Waals surface area contributed by atoms with Crippen LogP contribution in [0, 0.1) is 13.8 Å². The second-order valence-electron chi connectivity index (χ2n) is 7.03. The zero-order valence-electron chi connectivity index (χ0n) is 16.2. The number of benzene rings is 2. The monoisotopic (exact) mass is 397 g/mol. The maximum absolute atomic E-state index is 13.0. The summed E-state index contributed by atoms with van der Waals surface area (Å²) in [5.74, 6) is -0.140. The van der Waals surface area contributed by atoms with Gasteiger partial charge < -0.3 is 10.0 Å². The number of rotatable bonds is 6. The average Bonchev–Trinajstić information content (AvgIpc) is 2.98. The van der Waals surface area contributed by atoms with E-state index in [-0.39, 0.29) is 24.0 Å². The first-order valence-corrected chi connectivity index (χ1v) is 9.52. The molecule has 0 saturated heterocycles. The lowest BCUT2D eigenvalue weighted by Gasteiger charge is -2.23. The van der Waals surface area contributed by atoms with Gasteiger partial charge >= 0.3 is 0 Å². The number of nitrogens with zero attached hydrogens (tertiary/aromatic N) is 2. The normalized spacial score (nSPS) is 12.0. The Morgan fingerprint density at radius 3 is 2.61 bits per heavy atom. The van der Waals surface area contributed by atoms with Crippen molar-refractivity contribution >= 4 is 17.5 Å². The second kappa shape index (κ2) is 8.48. The summed E-state index contributed by atoms with van der Waals surface area (Å²) in [4.78, 5) is 14.7. The Labute approximate surface area is 170 Å². The van der Waals surface area contributed by atoms with E-state index in [0.717, 1.165) is 22.5 Å². The van der Waals surface area contributed by atoms with Crippen molar-refractivity contribution in [3.05, 3.63) is 81.6 Å². The van der Waals surface area contributed by atoms with E-state index in [1.165, 1.54) is 0 Å². The number of aromatic hydroxyl groups is 1. The number of H-pyrrole nitrogens is 1. The number of carbonyl (C=O) groups is 1. The number of phenols is 1. The van der Waals surface area contributed by atoms with E-state index in [4.69, 9.17) is 11.6 Å². The molecule has 2 N–H and O–H groups in total. The minimum Gasteiger partial charge on any atom is -0.508 e. The SMILES string of the molecule is Cc1n[nH]c(C)c1CN(C)C(=O)C[C@@H](c1cccc(Cl)c1)c1ccccc1O. The summed E-state index contributed by atoms with van der Waals surface area (Å²) in [6, 6.07) is 14.5. The van der Waals surface area contributed by atoms with Crippen LogP contribution in [0.1, 0.15) is 40.4 Å². The topological polar surface area (TPSA) is 69.2 Å². The smallest absolute Gasteiger partial charge is 0.223 e. The molecule has 0 spiro atoms. The third-order valence-electron chi connectivity index (χ3n) is 5.04. The fraction of sp³-hybridized carbons (Fsp3) is 0.273. The summed E-state index contributed by atoms with van der Waals surface area (Å²) in [6.45, 7) is 4.36. The van der Waals surface area contributed by atoms with Crippen molar-refractivity contribution in [2.45, 2.75) is 32.7 Å². The molecule has 0 aliphatic rings. The highest BCUT2D eigenvalue weighted by molar-refractivity contribution is 6.30. The first-order chi connectivity index (χ1) is 13.4. The summed E-state index contributed by atoms with van der Waals surface area (Å²) in [5.41, 5.74) is 4.49. The molecule has 0 saturated carbocycles. The van der Waals surface area contributed by atoms with Crippen LogP contribution >= 0.6 is 11.6 Å². The van der Waals surface area contributed by atoms with Crippen LogP contribution in [0.25, 0.3) is 0 Å². The van der Waals surface area contributed by atoms with Gasteiger partial charge in [0.25, 0.3) is 0 Å². The van der Waals surface area contributed by atoms with Crippen LogP contribution in [0.3, 0.4) is 0 Å². The van der Waals surface area contributed by atoms with E-state index in [1.54, 1.807) is 30.1 Å². The molecule has 5 nitrogen and oxygen atoms in total. The number of aryl methyl sites for hydroxylation is 2. The third-order valence-corrected chi connectivity index (χ3v) is 5.28. The highest BCUT2D eigenvalue weighted by Gasteiger charge is 2.24. The quantitative estimate of drug-likeness (QED) is 0.640. The number of aromatic nitrogens is 2. The molecule has 28 heavy (non-hydrogen) atoms. The molecule has 0 radical (unpaired) electrons. The minimum atomic E-state index is -0.290. The number of nitrogens with one attached hydrogen (secondary N) is 1. The summed E-state index contributed by atoms with van der Waals surface area (Å²) < 4.78 is 0. The number of hydrogen-bond donors (Lipinski definition) is 2. The van der Waals surface area contributed by atoms with Crippen LogP contribution in [0.4, 0.5) is 0 Å². The lowest BCUT2D eigenvalue weighted by molar-refractivity contribution is -0.130. The Hall–Kier alpha value is -2.79. The predicted molar refractivity (Wildman–Crippen MR) is 111 cm³/mol. The van der Waals surface area contributed by atoms with Gasteiger partial charge in [0.2, 0.25) is 5.91 Å². The maximum atomic E-state index is 13.0. The Bertz CT molecular complexity index is 964. The summed E-state index contributed by atoms with van der Waals surface area (Å²) in [7, 11) is 1.79. The number of aromatic amines is 1. The average molecular weight is 398 g/mol. The Morgan fingerprint density at radius 2 is 1.96 bits per heavy atom. The van der Waals surface area contributed by atoms with Crippen molar-refractivity contribution in [3.8, 4) is 5.75 Å². The maximum Gasteiger partial charge on any atom is 0.223 e. The van der Waals surface area contributed by atoms with Gasteiger partial charge in [0, 0.05) is 47.8 Å². The minimum absolute atomic E-state index is 0.0202. The number of amides is 1. The fourth-order valence-electron chi connectivity index (χ4n) is 3.38. The van der Waals surface area contributed by atoms with Crippen molar-refractivity contribution in [1.82, 2.24) is 15.1 Å². The van der Waals surface area contributed by atoms with Crippen molar-refractivity contribution in [3.63, 3.8) is 0 Å². The Morgan fingerprint density at radius 1 is 1.21 bits per heavy atom. The molecule has 1 heterocycles. The van der Waals surface area contributed by atoms with Crippen LogP contribution in [0.15, 0.2) is 48.5 Å². The third kappa shape index (κ3) is 4.37. The summed E-state index contributed by atoms with van der Waals surface area (Å²) in [6.07, 6.45) is 0.227. The number of para-hydroxylation sites is 1. The zero-order chi connectivity index (χ0) is 20.3. The number of halogens is 1. The van der Waals surface area contributed by atoms with Gasteiger partial charge in [-0.15, -0.1) is 0 Å². The molecule has 1 atom stereocenters. The van der Waals surface area contributed by atoms with Crippen molar-refractivity contribution in [1.29, 1.82) is 0 Å². The predicted octanol–water partition coefficient (Wildman–Crippen LogP) is 4.57. The molecular weight excluding hydrogens is 374 g/mol. The van der Waals surface area contributed by atoms with Gasteiger partial charge in [-0.25, -0.2) is 0 Å². The molecular formula is C22H24ClN3O2. The van der Waals surface area contributed by atoms with Crippen LogP contribution in [-0.2, 0) is 11.3 Å². The Kier molecular flexibility index (Phi) is 6.05. The molecule has 0 aliphatic heterocycles. The highest BCUT2D eigenvalue weighted by atomic mass is 35.5. The molecule has 2 aromatic carbocycles. The van der Waals surface area contributed by atoms with Gasteiger partial charge in [-0.3, -0.25) is 9.89 Å². The largest absolute Gasteiger partial charge is 0.508 e. The molecule has 1 aromatic heterocycles.